The van der Waals surface area contributed by atoms with E-state index < -0.39 is 47.5 Å². The zero-order valence-corrected chi connectivity index (χ0v) is 17.3. The van der Waals surface area contributed by atoms with E-state index in [2.05, 4.69) is 31.6 Å². The van der Waals surface area contributed by atoms with Crippen LogP contribution in [0.3, 0.4) is 0 Å². The van der Waals surface area contributed by atoms with E-state index in [0.29, 0.717) is 13.0 Å². The number of halogens is 5. The summed E-state index contributed by atoms with van der Waals surface area (Å²) in [6, 6.07) is 2.81. The highest BCUT2D eigenvalue weighted by molar-refractivity contribution is 5.88. The molecular weight excluding hydrogens is 465 g/mol. The van der Waals surface area contributed by atoms with Crippen molar-refractivity contribution in [3.8, 4) is 11.6 Å². The van der Waals surface area contributed by atoms with Gasteiger partial charge in [-0.05, 0) is 18.2 Å². The van der Waals surface area contributed by atoms with Crippen LogP contribution < -0.4 is 14.8 Å². The summed E-state index contributed by atoms with van der Waals surface area (Å²) < 4.78 is 77.2. The molecule has 0 radical (unpaired) electrons. The predicted octanol–water partition coefficient (Wildman–Crippen LogP) is 3.95. The van der Waals surface area contributed by atoms with Gasteiger partial charge in [0, 0.05) is 19.0 Å². The number of hydrogen-bond acceptors (Lipinski definition) is 7. The van der Waals surface area contributed by atoms with Gasteiger partial charge in [-0.25, -0.2) is 23.7 Å². The van der Waals surface area contributed by atoms with Crippen LogP contribution >= 0.6 is 0 Å². The lowest BCUT2D eigenvalue weighted by Gasteiger charge is -2.16. The van der Waals surface area contributed by atoms with E-state index >= 15 is 0 Å². The van der Waals surface area contributed by atoms with E-state index in [4.69, 9.17) is 4.74 Å². The number of hydrogen-bond donors (Lipinski definition) is 1. The number of nitrogens with one attached hydrogen (secondary N) is 1. The van der Waals surface area contributed by atoms with Crippen molar-refractivity contribution in [1.29, 1.82) is 0 Å². The fourth-order valence-electron chi connectivity index (χ4n) is 3.37. The summed E-state index contributed by atoms with van der Waals surface area (Å²) in [5.74, 6) is -5.72. The number of anilines is 2. The number of fused-ring (bicyclic) bond motifs is 1. The number of carbonyl (C=O) groups is 1. The van der Waals surface area contributed by atoms with Crippen molar-refractivity contribution in [2.75, 3.05) is 18.4 Å². The summed E-state index contributed by atoms with van der Waals surface area (Å²) in [5, 5.41) is 2.49. The minimum absolute atomic E-state index is 0.0244. The van der Waals surface area contributed by atoms with E-state index in [1.807, 2.05) is 0 Å². The van der Waals surface area contributed by atoms with Gasteiger partial charge in [0.15, 0.2) is 23.2 Å². The van der Waals surface area contributed by atoms with Gasteiger partial charge in [0.05, 0.1) is 17.7 Å². The third kappa shape index (κ3) is 4.67. The van der Waals surface area contributed by atoms with Gasteiger partial charge in [-0.15, -0.1) is 0 Å². The zero-order valence-electron chi connectivity index (χ0n) is 17.3. The normalized spacial score (nSPS) is 15.6. The first kappa shape index (κ1) is 23.1. The molecule has 4 rings (SSSR count). The average Bonchev–Trinajstić information content (AvgIpc) is 3.27. The Hall–Kier alpha value is -4.03. The molecule has 0 unspecified atom stereocenters. The molecule has 1 aliphatic heterocycles. The Kier molecular flexibility index (Phi) is 6.43. The molecule has 0 aliphatic carbocycles. The van der Waals surface area contributed by atoms with Gasteiger partial charge < -0.3 is 19.7 Å². The zero-order chi connectivity index (χ0) is 24.4. The number of carbonyl (C=O) groups excluding carboxylic acids is 1. The van der Waals surface area contributed by atoms with Crippen molar-refractivity contribution < 1.29 is 36.2 Å². The first-order valence-corrected chi connectivity index (χ1v) is 9.86. The molecule has 2 aromatic heterocycles. The highest BCUT2D eigenvalue weighted by Crippen LogP contribution is 2.31. The Morgan fingerprint density at radius 3 is 2.76 bits per heavy atom. The second kappa shape index (κ2) is 9.45. The van der Waals surface area contributed by atoms with Crippen molar-refractivity contribution in [1.82, 2.24) is 19.9 Å². The van der Waals surface area contributed by atoms with E-state index in [-0.39, 0.29) is 29.3 Å². The van der Waals surface area contributed by atoms with Crippen LogP contribution in [0.5, 0.6) is 11.6 Å². The van der Waals surface area contributed by atoms with Gasteiger partial charge in [-0.1, -0.05) is 6.58 Å². The quantitative estimate of drug-likeness (QED) is 0.404. The minimum Gasteiger partial charge on any atom is -0.470 e. The van der Waals surface area contributed by atoms with Crippen molar-refractivity contribution >= 4 is 28.4 Å². The molecule has 3 heterocycles. The summed E-state index contributed by atoms with van der Waals surface area (Å²) in [5.41, 5.74) is -0.443. The number of aromatic nitrogens is 3. The third-order valence-corrected chi connectivity index (χ3v) is 4.96. The summed E-state index contributed by atoms with van der Waals surface area (Å²) in [7, 11) is 0. The van der Waals surface area contributed by atoms with Gasteiger partial charge in [0.1, 0.15) is 17.9 Å². The predicted molar refractivity (Wildman–Crippen MR) is 109 cm³/mol. The molecule has 1 amide bonds. The summed E-state index contributed by atoms with van der Waals surface area (Å²) in [6.07, 6.45) is 2.12. The Morgan fingerprint density at radius 2 is 2.03 bits per heavy atom. The third-order valence-electron chi connectivity index (χ3n) is 4.96. The Labute approximate surface area is 189 Å². The van der Waals surface area contributed by atoms with Crippen molar-refractivity contribution in [3.63, 3.8) is 0 Å². The van der Waals surface area contributed by atoms with E-state index in [1.54, 1.807) is 0 Å². The van der Waals surface area contributed by atoms with Crippen LogP contribution in [0.4, 0.5) is 33.5 Å². The summed E-state index contributed by atoms with van der Waals surface area (Å²) >= 11 is 0. The number of likely N-dealkylation sites (tertiary alicyclic amines) is 1. The van der Waals surface area contributed by atoms with Crippen LogP contribution in [0.2, 0.25) is 0 Å². The maximum absolute atomic E-state index is 14.6. The number of pyridine rings is 1. The number of rotatable bonds is 7. The fourth-order valence-corrected chi connectivity index (χ4v) is 3.37. The molecule has 0 saturated carbocycles. The minimum atomic E-state index is -3.34. The lowest BCUT2D eigenvalue weighted by atomic mass is 10.2. The van der Waals surface area contributed by atoms with Crippen LogP contribution in [0.25, 0.3) is 11.0 Å². The van der Waals surface area contributed by atoms with Crippen LogP contribution in [-0.4, -0.2) is 51.6 Å². The highest BCUT2D eigenvalue weighted by atomic mass is 19.3. The van der Waals surface area contributed by atoms with Gasteiger partial charge in [0.2, 0.25) is 11.7 Å². The first-order chi connectivity index (χ1) is 16.3. The molecular formula is C21H16F5N5O3. The number of amides is 1. The largest absolute Gasteiger partial charge is 0.470 e. The highest BCUT2D eigenvalue weighted by Gasteiger charge is 2.28. The van der Waals surface area contributed by atoms with Gasteiger partial charge in [-0.2, -0.15) is 13.2 Å². The average molecular weight is 481 g/mol. The monoisotopic (exact) mass is 481 g/mol. The maximum Gasteiger partial charge on any atom is 0.387 e. The maximum atomic E-state index is 14.6. The van der Waals surface area contributed by atoms with Crippen molar-refractivity contribution in [2.45, 2.75) is 19.1 Å². The molecule has 1 saturated heterocycles. The van der Waals surface area contributed by atoms with E-state index in [1.165, 1.54) is 11.0 Å². The SMILES string of the molecule is C=CC(=O)N1CC[C@H](Oc2nc3c(Nc4ccc(OC(F)F)c(F)c4F)ncnc3cc2F)C1. The molecule has 13 heteroatoms. The number of benzene rings is 1. The van der Waals surface area contributed by atoms with E-state index in [9.17, 15) is 26.7 Å². The molecule has 0 bridgehead atoms. The lowest BCUT2D eigenvalue weighted by Crippen LogP contribution is -2.29. The smallest absolute Gasteiger partial charge is 0.387 e. The van der Waals surface area contributed by atoms with Crippen molar-refractivity contribution in [3.05, 3.63) is 54.6 Å². The summed E-state index contributed by atoms with van der Waals surface area (Å²) in [4.78, 5) is 25.1. The number of ether oxygens (including phenoxy) is 2. The lowest BCUT2D eigenvalue weighted by molar-refractivity contribution is -0.125. The molecule has 1 N–H and O–H groups in total. The molecule has 3 aromatic rings. The number of nitrogens with zero attached hydrogens (tertiary/aromatic N) is 4. The fraction of sp³-hybridized carbons (Fsp3) is 0.238. The van der Waals surface area contributed by atoms with E-state index in [0.717, 1.165) is 24.5 Å². The second-order valence-electron chi connectivity index (χ2n) is 7.12. The Morgan fingerprint density at radius 1 is 1.24 bits per heavy atom. The molecule has 178 valence electrons. The number of alkyl halides is 2. The van der Waals surface area contributed by atoms with Crippen LogP contribution in [0.1, 0.15) is 6.42 Å². The molecule has 8 nitrogen and oxygen atoms in total. The van der Waals surface area contributed by atoms with Crippen molar-refractivity contribution in [2.24, 2.45) is 0 Å². The summed E-state index contributed by atoms with van der Waals surface area (Å²) in [6.45, 7) is 0.690. The molecule has 1 aliphatic rings. The molecule has 0 spiro atoms. The molecule has 1 atom stereocenters. The Bertz CT molecular complexity index is 1260. The van der Waals surface area contributed by atoms with Crippen LogP contribution in [-0.2, 0) is 4.79 Å². The topological polar surface area (TPSA) is 89.5 Å². The van der Waals surface area contributed by atoms with Gasteiger partial charge in [0.25, 0.3) is 5.88 Å². The first-order valence-electron chi connectivity index (χ1n) is 9.86. The van der Waals surface area contributed by atoms with Gasteiger partial charge in [-0.3, -0.25) is 4.79 Å². The standard InChI is InChI=1S/C21H16F5N5O3/c1-2-15(32)31-6-5-10(8-31)33-20-11(22)7-13-18(30-20)19(28-9-27-13)29-12-3-4-14(34-21(25)26)17(24)16(12)23/h2-4,7,9-10,21H,1,5-6,8H2,(H,27,28,29)/t10-/m0/s1. The van der Waals surface area contributed by atoms with Crippen LogP contribution in [0.15, 0.2) is 37.2 Å². The second-order valence-corrected chi connectivity index (χ2v) is 7.12. The van der Waals surface area contributed by atoms with Gasteiger partial charge >= 0.3 is 6.61 Å². The molecule has 34 heavy (non-hydrogen) atoms. The Balaban J connectivity index is 1.62. The van der Waals surface area contributed by atoms with Crippen LogP contribution in [0, 0.1) is 17.5 Å². The molecule has 1 aromatic carbocycles. The molecule has 1 fully saturated rings.